The van der Waals surface area contributed by atoms with Gasteiger partial charge in [0.15, 0.2) is 0 Å². The molecule has 0 saturated heterocycles. The Morgan fingerprint density at radius 1 is 0.765 bits per heavy atom. The van der Waals surface area contributed by atoms with Gasteiger partial charge in [0.25, 0.3) is 0 Å². The molecule has 0 aliphatic heterocycles. The number of allylic oxidation sites excluding steroid dienone is 2. The van der Waals surface area contributed by atoms with Crippen LogP contribution in [0.3, 0.4) is 0 Å². The summed E-state index contributed by atoms with van der Waals surface area (Å²) in [5.74, 6) is -2.08. The van der Waals surface area contributed by atoms with Crippen LogP contribution in [0, 0.1) is 0 Å². The lowest BCUT2D eigenvalue weighted by Gasteiger charge is -2.42. The molecule has 3 aromatic rings. The summed E-state index contributed by atoms with van der Waals surface area (Å²) in [5.41, 5.74) is 5.40. The number of hydrogen-bond donors (Lipinski definition) is 2. The smallest absolute Gasteiger partial charge is 0.335 e. The molecule has 34 heavy (non-hydrogen) atoms. The van der Waals surface area contributed by atoms with Crippen LogP contribution in [0.15, 0.2) is 66.7 Å². The lowest BCUT2D eigenvalue weighted by atomic mass is 9.63. The average Bonchev–Trinajstić information content (AvgIpc) is 2.79. The summed E-state index contributed by atoms with van der Waals surface area (Å²) in [5, 5.41) is 20.8. The third-order valence-electron chi connectivity index (χ3n) is 7.00. The summed E-state index contributed by atoms with van der Waals surface area (Å²) in [6, 6.07) is 17.4. The van der Waals surface area contributed by atoms with Crippen LogP contribution in [0.25, 0.3) is 22.4 Å². The first-order valence-corrected chi connectivity index (χ1v) is 11.5. The maximum Gasteiger partial charge on any atom is 0.335 e. The van der Waals surface area contributed by atoms with Gasteiger partial charge < -0.3 is 10.2 Å². The topological polar surface area (TPSA) is 74.6 Å². The molecular formula is C30H30O4. The molecule has 1 aliphatic rings. The van der Waals surface area contributed by atoms with E-state index in [9.17, 15) is 14.7 Å². The van der Waals surface area contributed by atoms with Crippen molar-refractivity contribution < 1.29 is 19.8 Å². The van der Waals surface area contributed by atoms with Gasteiger partial charge in [0.2, 0.25) is 0 Å². The van der Waals surface area contributed by atoms with Gasteiger partial charge in [0, 0.05) is 6.08 Å². The zero-order chi connectivity index (χ0) is 24.7. The molecule has 174 valence electrons. The molecule has 0 heterocycles. The molecule has 4 rings (SSSR count). The zero-order valence-electron chi connectivity index (χ0n) is 20.1. The minimum absolute atomic E-state index is 0.109. The summed E-state index contributed by atoms with van der Waals surface area (Å²) < 4.78 is 0. The average molecular weight is 455 g/mol. The van der Waals surface area contributed by atoms with E-state index in [4.69, 9.17) is 5.11 Å². The number of hydrogen-bond acceptors (Lipinski definition) is 2. The highest BCUT2D eigenvalue weighted by Gasteiger charge is 2.37. The van der Waals surface area contributed by atoms with E-state index in [1.807, 2.05) is 12.1 Å². The van der Waals surface area contributed by atoms with Crippen LogP contribution in [0.4, 0.5) is 0 Å². The van der Waals surface area contributed by atoms with Crippen molar-refractivity contribution in [2.75, 3.05) is 0 Å². The molecule has 0 bridgehead atoms. The Balaban J connectivity index is 1.85. The SMILES string of the molecule is CC1(C)CCC(C)(C)c2cc3cc(C=C(C=CC(=O)O)c4cccc(C(=O)O)c4)ccc3cc21. The van der Waals surface area contributed by atoms with Crippen LogP contribution in [0.5, 0.6) is 0 Å². The lowest BCUT2D eigenvalue weighted by Crippen LogP contribution is -2.33. The molecule has 0 fully saturated rings. The van der Waals surface area contributed by atoms with Gasteiger partial charge >= 0.3 is 11.9 Å². The number of benzene rings is 3. The number of aliphatic carboxylic acids is 1. The number of carbonyl (C=O) groups is 2. The van der Waals surface area contributed by atoms with Crippen LogP contribution < -0.4 is 0 Å². The van der Waals surface area contributed by atoms with Crippen molar-refractivity contribution in [3.63, 3.8) is 0 Å². The van der Waals surface area contributed by atoms with E-state index < -0.39 is 11.9 Å². The quantitative estimate of drug-likeness (QED) is 0.246. The predicted molar refractivity (Wildman–Crippen MR) is 137 cm³/mol. The fourth-order valence-electron chi connectivity index (χ4n) is 4.82. The standard InChI is InChI=1S/C30H30O4/c1-29(2)12-13-30(3,4)26-18-24-15-19(8-9-22(24)17-25(26)29)14-21(10-11-27(31)32)20-6-5-7-23(16-20)28(33)34/h5-11,14-18H,12-13H2,1-4H3,(H,31,32)(H,33,34). The second-order valence-corrected chi connectivity index (χ2v) is 10.4. The normalized spacial score (nSPS) is 17.0. The van der Waals surface area contributed by atoms with E-state index in [-0.39, 0.29) is 16.4 Å². The van der Waals surface area contributed by atoms with Gasteiger partial charge in [0.1, 0.15) is 0 Å². The molecule has 0 unspecified atom stereocenters. The maximum atomic E-state index is 11.4. The number of fused-ring (bicyclic) bond motifs is 2. The molecule has 0 radical (unpaired) electrons. The van der Waals surface area contributed by atoms with Crippen molar-refractivity contribution in [3.8, 4) is 0 Å². The highest BCUT2D eigenvalue weighted by atomic mass is 16.4. The van der Waals surface area contributed by atoms with Crippen LogP contribution in [0.1, 0.15) is 73.1 Å². The molecule has 0 amide bonds. The van der Waals surface area contributed by atoms with Gasteiger partial charge in [0.05, 0.1) is 5.56 Å². The Labute approximate surface area is 200 Å². The first-order chi connectivity index (χ1) is 16.0. The lowest BCUT2D eigenvalue weighted by molar-refractivity contribution is -0.131. The second-order valence-electron chi connectivity index (χ2n) is 10.4. The van der Waals surface area contributed by atoms with Gasteiger partial charge in [-0.3, -0.25) is 0 Å². The summed E-state index contributed by atoms with van der Waals surface area (Å²) in [6.07, 6.45) is 6.78. The van der Waals surface area contributed by atoms with E-state index in [2.05, 4.69) is 52.0 Å². The summed E-state index contributed by atoms with van der Waals surface area (Å²) >= 11 is 0. The molecular weight excluding hydrogens is 424 g/mol. The van der Waals surface area contributed by atoms with E-state index in [0.29, 0.717) is 11.1 Å². The fourth-order valence-corrected chi connectivity index (χ4v) is 4.82. The van der Waals surface area contributed by atoms with Crippen molar-refractivity contribution in [1.82, 2.24) is 0 Å². The molecule has 1 aliphatic carbocycles. The van der Waals surface area contributed by atoms with E-state index >= 15 is 0 Å². The monoisotopic (exact) mass is 454 g/mol. The van der Waals surface area contributed by atoms with E-state index in [1.165, 1.54) is 28.7 Å². The summed E-state index contributed by atoms with van der Waals surface area (Å²) in [6.45, 7) is 9.24. The predicted octanol–water partition coefficient (Wildman–Crippen LogP) is 7.07. The Morgan fingerprint density at radius 3 is 2.00 bits per heavy atom. The number of rotatable bonds is 5. The van der Waals surface area contributed by atoms with Crippen molar-refractivity contribution in [1.29, 1.82) is 0 Å². The largest absolute Gasteiger partial charge is 0.478 e. The van der Waals surface area contributed by atoms with Crippen LogP contribution >= 0.6 is 0 Å². The zero-order valence-corrected chi connectivity index (χ0v) is 20.1. The Hall–Kier alpha value is -3.66. The number of aromatic carboxylic acids is 1. The van der Waals surface area contributed by atoms with Gasteiger partial charge in [-0.25, -0.2) is 9.59 Å². The first kappa shape index (κ1) is 23.5. The molecule has 0 aromatic heterocycles. The molecule has 0 atom stereocenters. The van der Waals surface area contributed by atoms with Crippen molar-refractivity contribution in [2.24, 2.45) is 0 Å². The summed E-state index contributed by atoms with van der Waals surface area (Å²) in [7, 11) is 0. The molecule has 4 heteroatoms. The van der Waals surface area contributed by atoms with Crippen molar-refractivity contribution >= 4 is 34.4 Å². The van der Waals surface area contributed by atoms with Gasteiger partial charge in [-0.2, -0.15) is 0 Å². The Morgan fingerprint density at radius 2 is 1.38 bits per heavy atom. The second kappa shape index (κ2) is 8.60. The molecule has 0 spiro atoms. The third kappa shape index (κ3) is 4.67. The van der Waals surface area contributed by atoms with E-state index in [1.54, 1.807) is 18.2 Å². The van der Waals surface area contributed by atoms with Crippen molar-refractivity contribution in [2.45, 2.75) is 51.4 Å². The molecule has 3 aromatic carbocycles. The van der Waals surface area contributed by atoms with Gasteiger partial charge in [-0.1, -0.05) is 64.1 Å². The van der Waals surface area contributed by atoms with Crippen LogP contribution in [-0.4, -0.2) is 22.2 Å². The highest BCUT2D eigenvalue weighted by Crippen LogP contribution is 2.47. The number of carboxylic acids is 2. The Bertz CT molecular complexity index is 1360. The fraction of sp³-hybridized carbons (Fsp3) is 0.267. The van der Waals surface area contributed by atoms with Crippen LogP contribution in [0.2, 0.25) is 0 Å². The molecule has 0 saturated carbocycles. The minimum Gasteiger partial charge on any atom is -0.478 e. The maximum absolute atomic E-state index is 11.4. The van der Waals surface area contributed by atoms with E-state index in [0.717, 1.165) is 29.9 Å². The Kier molecular flexibility index (Phi) is 5.94. The highest BCUT2D eigenvalue weighted by molar-refractivity contribution is 5.96. The molecule has 4 nitrogen and oxygen atoms in total. The van der Waals surface area contributed by atoms with Crippen LogP contribution in [-0.2, 0) is 15.6 Å². The van der Waals surface area contributed by atoms with Crippen molar-refractivity contribution in [3.05, 3.63) is 94.6 Å². The van der Waals surface area contributed by atoms with Gasteiger partial charge in [-0.15, -0.1) is 0 Å². The summed E-state index contributed by atoms with van der Waals surface area (Å²) in [4.78, 5) is 22.6. The number of carboxylic acid groups (broad SMARTS) is 2. The first-order valence-electron chi connectivity index (χ1n) is 11.5. The van der Waals surface area contributed by atoms with Gasteiger partial charge in [-0.05, 0) is 92.6 Å². The minimum atomic E-state index is -1.06. The molecule has 2 N–H and O–H groups in total. The third-order valence-corrected chi connectivity index (χ3v) is 7.00.